The predicted octanol–water partition coefficient (Wildman–Crippen LogP) is 3.05. The molecule has 0 bridgehead atoms. The number of piperidine rings is 1. The Kier molecular flexibility index (Phi) is 4.38. The molecule has 90 valence electrons. The second-order valence-electron chi connectivity index (χ2n) is 4.58. The molecule has 2 unspecified atom stereocenters. The smallest absolute Gasteiger partial charge is 0.101 e. The van der Waals surface area contributed by atoms with Crippen molar-refractivity contribution in [2.24, 2.45) is 0 Å². The van der Waals surface area contributed by atoms with Crippen LogP contribution in [-0.2, 0) is 0 Å². The molecular formula is C13H21NOS. The molecule has 0 saturated carbocycles. The average molecular weight is 239 g/mol. The van der Waals surface area contributed by atoms with Crippen molar-refractivity contribution < 1.29 is 5.11 Å². The molecule has 0 amide bonds. The number of thiophene rings is 1. The number of hydrogen-bond acceptors (Lipinski definition) is 3. The van der Waals surface area contributed by atoms with E-state index in [2.05, 4.69) is 11.8 Å². The van der Waals surface area contributed by atoms with Crippen molar-refractivity contribution in [3.63, 3.8) is 0 Å². The van der Waals surface area contributed by atoms with Gasteiger partial charge in [-0.3, -0.25) is 4.90 Å². The molecule has 0 aliphatic carbocycles. The van der Waals surface area contributed by atoms with Crippen LogP contribution in [0.1, 0.15) is 43.6 Å². The average Bonchev–Trinajstić information content (AvgIpc) is 2.83. The minimum absolute atomic E-state index is 0.299. The van der Waals surface area contributed by atoms with Crippen molar-refractivity contribution in [1.82, 2.24) is 4.90 Å². The summed E-state index contributed by atoms with van der Waals surface area (Å²) >= 11 is 1.65. The van der Waals surface area contributed by atoms with Crippen LogP contribution in [0.25, 0.3) is 0 Å². The second kappa shape index (κ2) is 5.80. The van der Waals surface area contributed by atoms with Crippen LogP contribution >= 0.6 is 11.3 Å². The molecule has 1 aromatic rings. The summed E-state index contributed by atoms with van der Waals surface area (Å²) < 4.78 is 0. The molecule has 2 atom stereocenters. The van der Waals surface area contributed by atoms with Gasteiger partial charge in [-0.2, -0.15) is 0 Å². The summed E-state index contributed by atoms with van der Waals surface area (Å²) in [7, 11) is 0. The van der Waals surface area contributed by atoms with Crippen LogP contribution in [0.15, 0.2) is 17.5 Å². The molecule has 2 heterocycles. The zero-order chi connectivity index (χ0) is 11.4. The molecule has 1 aliphatic rings. The highest BCUT2D eigenvalue weighted by Gasteiger charge is 2.23. The first-order valence-electron chi connectivity index (χ1n) is 6.26. The van der Waals surface area contributed by atoms with Gasteiger partial charge in [0.2, 0.25) is 0 Å². The van der Waals surface area contributed by atoms with Crippen LogP contribution in [0.5, 0.6) is 0 Å². The lowest BCUT2D eigenvalue weighted by atomic mass is 9.99. The fraction of sp³-hybridized carbons (Fsp3) is 0.692. The van der Waals surface area contributed by atoms with Crippen LogP contribution in [0.3, 0.4) is 0 Å². The van der Waals surface area contributed by atoms with Gasteiger partial charge in [0.1, 0.15) is 6.10 Å². The molecular weight excluding hydrogens is 218 g/mol. The SMILES string of the molecule is CCC1CCCCN1CC(O)c1cccs1. The molecule has 0 aromatic carbocycles. The summed E-state index contributed by atoms with van der Waals surface area (Å²) in [5.41, 5.74) is 0. The van der Waals surface area contributed by atoms with Gasteiger partial charge in [0.15, 0.2) is 0 Å². The largest absolute Gasteiger partial charge is 0.386 e. The number of aliphatic hydroxyl groups is 1. The van der Waals surface area contributed by atoms with Crippen LogP contribution in [-0.4, -0.2) is 29.1 Å². The maximum absolute atomic E-state index is 10.1. The normalized spacial score (nSPS) is 24.5. The predicted molar refractivity (Wildman–Crippen MR) is 68.8 cm³/mol. The number of nitrogens with zero attached hydrogens (tertiary/aromatic N) is 1. The Hall–Kier alpha value is -0.380. The number of hydrogen-bond donors (Lipinski definition) is 1. The zero-order valence-electron chi connectivity index (χ0n) is 9.93. The van der Waals surface area contributed by atoms with Gasteiger partial charge in [-0.1, -0.05) is 19.4 Å². The summed E-state index contributed by atoms with van der Waals surface area (Å²) in [6.45, 7) is 4.21. The molecule has 1 aromatic heterocycles. The van der Waals surface area contributed by atoms with Gasteiger partial charge in [0.25, 0.3) is 0 Å². The summed E-state index contributed by atoms with van der Waals surface area (Å²) in [6.07, 6.45) is 4.84. The second-order valence-corrected chi connectivity index (χ2v) is 5.56. The Morgan fingerprint density at radius 1 is 1.56 bits per heavy atom. The lowest BCUT2D eigenvalue weighted by molar-refractivity contribution is 0.0673. The zero-order valence-corrected chi connectivity index (χ0v) is 10.7. The van der Waals surface area contributed by atoms with Gasteiger partial charge in [0.05, 0.1) is 0 Å². The van der Waals surface area contributed by atoms with Gasteiger partial charge in [-0.05, 0) is 37.3 Å². The van der Waals surface area contributed by atoms with Gasteiger partial charge >= 0.3 is 0 Å². The maximum Gasteiger partial charge on any atom is 0.101 e. The molecule has 2 rings (SSSR count). The van der Waals surface area contributed by atoms with E-state index in [1.54, 1.807) is 11.3 Å². The van der Waals surface area contributed by atoms with E-state index < -0.39 is 0 Å². The van der Waals surface area contributed by atoms with Crippen molar-refractivity contribution in [2.75, 3.05) is 13.1 Å². The van der Waals surface area contributed by atoms with Gasteiger partial charge in [-0.15, -0.1) is 11.3 Å². The lowest BCUT2D eigenvalue weighted by Gasteiger charge is -2.36. The molecule has 1 saturated heterocycles. The van der Waals surface area contributed by atoms with Crippen molar-refractivity contribution >= 4 is 11.3 Å². The third-order valence-electron chi connectivity index (χ3n) is 3.50. The Labute approximate surface area is 102 Å². The fourth-order valence-electron chi connectivity index (χ4n) is 2.56. The van der Waals surface area contributed by atoms with Crippen LogP contribution < -0.4 is 0 Å². The standard InChI is InChI=1S/C13H21NOS/c1-2-11-6-3-4-8-14(11)10-12(15)13-7-5-9-16-13/h5,7,9,11-12,15H,2-4,6,8,10H2,1H3. The van der Waals surface area contributed by atoms with E-state index in [0.29, 0.717) is 6.04 Å². The Balaban J connectivity index is 1.92. The third kappa shape index (κ3) is 2.84. The molecule has 0 radical (unpaired) electrons. The molecule has 0 spiro atoms. The molecule has 1 fully saturated rings. The van der Waals surface area contributed by atoms with Crippen molar-refractivity contribution in [3.8, 4) is 0 Å². The quantitative estimate of drug-likeness (QED) is 0.873. The van der Waals surface area contributed by atoms with E-state index in [1.807, 2.05) is 17.5 Å². The fourth-order valence-corrected chi connectivity index (χ4v) is 3.26. The minimum atomic E-state index is -0.299. The van der Waals surface area contributed by atoms with Crippen molar-refractivity contribution in [2.45, 2.75) is 44.8 Å². The number of likely N-dealkylation sites (tertiary alicyclic amines) is 1. The Bertz CT molecular complexity index is 299. The van der Waals surface area contributed by atoms with E-state index in [0.717, 1.165) is 18.0 Å². The van der Waals surface area contributed by atoms with E-state index >= 15 is 0 Å². The van der Waals surface area contributed by atoms with Crippen molar-refractivity contribution in [3.05, 3.63) is 22.4 Å². The first-order chi connectivity index (χ1) is 7.81. The van der Waals surface area contributed by atoms with E-state index in [-0.39, 0.29) is 6.10 Å². The molecule has 1 aliphatic heterocycles. The van der Waals surface area contributed by atoms with E-state index in [1.165, 1.54) is 25.7 Å². The lowest BCUT2D eigenvalue weighted by Crippen LogP contribution is -2.41. The molecule has 3 heteroatoms. The van der Waals surface area contributed by atoms with Crippen LogP contribution in [0, 0.1) is 0 Å². The van der Waals surface area contributed by atoms with Gasteiger partial charge < -0.3 is 5.11 Å². The minimum Gasteiger partial charge on any atom is -0.386 e. The summed E-state index contributed by atoms with van der Waals surface area (Å²) in [5, 5.41) is 12.2. The first kappa shape index (κ1) is 12.1. The first-order valence-corrected chi connectivity index (χ1v) is 7.14. The molecule has 16 heavy (non-hydrogen) atoms. The van der Waals surface area contributed by atoms with Gasteiger partial charge in [0, 0.05) is 17.5 Å². The Morgan fingerprint density at radius 2 is 2.44 bits per heavy atom. The number of aliphatic hydroxyl groups excluding tert-OH is 1. The Morgan fingerprint density at radius 3 is 3.12 bits per heavy atom. The van der Waals surface area contributed by atoms with Crippen LogP contribution in [0.2, 0.25) is 0 Å². The van der Waals surface area contributed by atoms with Crippen LogP contribution in [0.4, 0.5) is 0 Å². The maximum atomic E-state index is 10.1. The topological polar surface area (TPSA) is 23.5 Å². The molecule has 1 N–H and O–H groups in total. The molecule has 2 nitrogen and oxygen atoms in total. The summed E-state index contributed by atoms with van der Waals surface area (Å²) in [6, 6.07) is 4.72. The van der Waals surface area contributed by atoms with Crippen molar-refractivity contribution in [1.29, 1.82) is 0 Å². The van der Waals surface area contributed by atoms with Gasteiger partial charge in [-0.25, -0.2) is 0 Å². The highest BCUT2D eigenvalue weighted by molar-refractivity contribution is 7.10. The number of rotatable bonds is 4. The summed E-state index contributed by atoms with van der Waals surface area (Å²) in [4.78, 5) is 3.56. The highest BCUT2D eigenvalue weighted by atomic mass is 32.1. The third-order valence-corrected chi connectivity index (χ3v) is 4.47. The highest BCUT2D eigenvalue weighted by Crippen LogP contribution is 2.25. The monoisotopic (exact) mass is 239 g/mol. The number of β-amino-alcohol motifs (C(OH)–C–C–N with tert-alkyl or cyclic N) is 1. The van der Waals surface area contributed by atoms with E-state index in [4.69, 9.17) is 0 Å². The van der Waals surface area contributed by atoms with E-state index in [9.17, 15) is 5.11 Å². The summed E-state index contributed by atoms with van der Waals surface area (Å²) in [5.74, 6) is 0.